The first-order valence-corrected chi connectivity index (χ1v) is 13.0. The number of aromatic nitrogens is 1. The van der Waals surface area contributed by atoms with E-state index in [4.69, 9.17) is 13.9 Å². The quantitative estimate of drug-likeness (QED) is 0.471. The summed E-state index contributed by atoms with van der Waals surface area (Å²) in [6, 6.07) is 10.2. The Balaban J connectivity index is 1.46. The summed E-state index contributed by atoms with van der Waals surface area (Å²) in [5, 5.41) is 12.4. The number of nitriles is 1. The van der Waals surface area contributed by atoms with E-state index in [0.29, 0.717) is 41.6 Å². The molecule has 0 aliphatic carbocycles. The van der Waals surface area contributed by atoms with Gasteiger partial charge in [0.25, 0.3) is 5.91 Å². The van der Waals surface area contributed by atoms with Crippen LogP contribution in [0.15, 0.2) is 45.6 Å². The topological polar surface area (TPSA) is 127 Å². The molecule has 1 N–H and O–H groups in total. The minimum absolute atomic E-state index is 0.0689. The maximum absolute atomic E-state index is 15.1. The Morgan fingerprint density at radius 3 is 2.58 bits per heavy atom. The second-order valence-electron chi connectivity index (χ2n) is 10.8. The second kappa shape index (κ2) is 11.5. The predicted octanol–water partition coefficient (Wildman–Crippen LogP) is 3.90. The third kappa shape index (κ3) is 6.18. The van der Waals surface area contributed by atoms with Crippen molar-refractivity contribution in [2.45, 2.75) is 63.8 Å². The highest BCUT2D eigenvalue weighted by atomic mass is 19.1. The molecule has 0 unspecified atom stereocenters. The molecule has 2 aromatic carbocycles. The van der Waals surface area contributed by atoms with Crippen LogP contribution in [0.2, 0.25) is 0 Å². The van der Waals surface area contributed by atoms with Crippen LogP contribution in [0.1, 0.15) is 39.2 Å². The van der Waals surface area contributed by atoms with Gasteiger partial charge in [0.05, 0.1) is 17.6 Å². The number of aryl methyl sites for hydroxylation is 1. The number of fused-ring (bicyclic) bond motifs is 1. The van der Waals surface area contributed by atoms with Crippen molar-refractivity contribution in [3.63, 3.8) is 0 Å². The number of ether oxygens (including phenoxy) is 2. The van der Waals surface area contributed by atoms with Gasteiger partial charge in [-0.1, -0.05) is 18.2 Å². The highest BCUT2D eigenvalue weighted by Crippen LogP contribution is 2.27. The van der Waals surface area contributed by atoms with Gasteiger partial charge in [-0.05, 0) is 68.5 Å². The fraction of sp³-hybridized carbons (Fsp3) is 0.448. The number of halogens is 1. The number of likely N-dealkylation sites (tertiary alicyclic amines) is 1. The molecule has 2 amide bonds. The molecule has 1 aliphatic heterocycles. The van der Waals surface area contributed by atoms with E-state index < -0.39 is 47.4 Å². The van der Waals surface area contributed by atoms with Gasteiger partial charge >= 0.3 is 11.8 Å². The Labute approximate surface area is 231 Å². The molecule has 0 saturated carbocycles. The van der Waals surface area contributed by atoms with Gasteiger partial charge in [-0.15, -0.1) is 0 Å². The molecule has 1 aromatic heterocycles. The molecule has 0 radical (unpaired) electrons. The summed E-state index contributed by atoms with van der Waals surface area (Å²) in [7, 11) is 2.96. The molecule has 40 heavy (non-hydrogen) atoms. The SMILES string of the molecule is CO[C@H](C(=O)N[C@H](C#N)Cc1ccc(-c2ccc3oc(=O)n(C)c3c2)cc1F)[C@@H]1CCCN1C(=O)OC(C)(C)C. The Kier molecular flexibility index (Phi) is 8.30. The van der Waals surface area contributed by atoms with Crippen LogP contribution in [-0.2, 0) is 27.7 Å². The minimum atomic E-state index is -1.03. The van der Waals surface area contributed by atoms with Crippen molar-refractivity contribution in [1.29, 1.82) is 5.26 Å². The summed E-state index contributed by atoms with van der Waals surface area (Å²) >= 11 is 0. The lowest BCUT2D eigenvalue weighted by Gasteiger charge is -2.32. The number of hydrogen-bond donors (Lipinski definition) is 1. The largest absolute Gasteiger partial charge is 0.444 e. The smallest absolute Gasteiger partial charge is 0.419 e. The molecule has 0 bridgehead atoms. The number of carbonyl (C=O) groups is 2. The number of benzene rings is 2. The van der Waals surface area contributed by atoms with E-state index in [9.17, 15) is 19.6 Å². The summed E-state index contributed by atoms with van der Waals surface area (Å²) in [6.45, 7) is 5.72. The van der Waals surface area contributed by atoms with E-state index in [-0.39, 0.29) is 12.0 Å². The average Bonchev–Trinajstić information content (AvgIpc) is 3.48. The number of oxazole rings is 1. The van der Waals surface area contributed by atoms with Gasteiger partial charge in [0.2, 0.25) is 0 Å². The van der Waals surface area contributed by atoms with E-state index in [0.717, 1.165) is 0 Å². The third-order valence-corrected chi connectivity index (χ3v) is 6.86. The highest BCUT2D eigenvalue weighted by molar-refractivity contribution is 5.83. The van der Waals surface area contributed by atoms with Crippen molar-refractivity contribution in [3.8, 4) is 17.2 Å². The predicted molar refractivity (Wildman–Crippen MR) is 145 cm³/mol. The molecule has 1 saturated heterocycles. The van der Waals surface area contributed by atoms with Crippen molar-refractivity contribution in [3.05, 3.63) is 58.3 Å². The molecule has 1 fully saturated rings. The van der Waals surface area contributed by atoms with Crippen molar-refractivity contribution < 1.29 is 27.9 Å². The van der Waals surface area contributed by atoms with E-state index in [2.05, 4.69) is 5.32 Å². The van der Waals surface area contributed by atoms with E-state index in [1.165, 1.54) is 22.6 Å². The van der Waals surface area contributed by atoms with Crippen molar-refractivity contribution in [2.24, 2.45) is 7.05 Å². The first-order chi connectivity index (χ1) is 18.9. The lowest BCUT2D eigenvalue weighted by atomic mass is 9.99. The molecule has 11 heteroatoms. The summed E-state index contributed by atoms with van der Waals surface area (Å²) in [5.74, 6) is -1.59. The third-order valence-electron chi connectivity index (χ3n) is 6.86. The minimum Gasteiger partial charge on any atom is -0.444 e. The van der Waals surface area contributed by atoms with Crippen LogP contribution in [0.25, 0.3) is 22.2 Å². The molecule has 2 heterocycles. The van der Waals surface area contributed by atoms with E-state index in [1.54, 1.807) is 58.2 Å². The van der Waals surface area contributed by atoms with Crippen LogP contribution in [0.3, 0.4) is 0 Å². The van der Waals surface area contributed by atoms with Gasteiger partial charge in [0.1, 0.15) is 17.5 Å². The lowest BCUT2D eigenvalue weighted by Crippen LogP contribution is -2.53. The first kappa shape index (κ1) is 28.8. The zero-order valence-electron chi connectivity index (χ0n) is 23.2. The Morgan fingerprint density at radius 1 is 1.23 bits per heavy atom. The summed E-state index contributed by atoms with van der Waals surface area (Å²) < 4.78 is 32.6. The number of carbonyl (C=O) groups excluding carboxylic acids is 2. The molecule has 212 valence electrons. The Hall–Kier alpha value is -4.17. The summed E-state index contributed by atoms with van der Waals surface area (Å²) in [4.78, 5) is 39.1. The van der Waals surface area contributed by atoms with Gasteiger partial charge in [-0.2, -0.15) is 5.26 Å². The maximum atomic E-state index is 15.1. The average molecular weight is 553 g/mol. The van der Waals surface area contributed by atoms with E-state index in [1.807, 2.05) is 6.07 Å². The van der Waals surface area contributed by atoms with Crippen molar-refractivity contribution in [2.75, 3.05) is 13.7 Å². The number of amides is 2. The van der Waals surface area contributed by atoms with Crippen LogP contribution in [0.5, 0.6) is 0 Å². The molecule has 3 aromatic rings. The number of hydrogen-bond acceptors (Lipinski definition) is 7. The number of nitrogens with zero attached hydrogens (tertiary/aromatic N) is 3. The van der Waals surface area contributed by atoms with Crippen LogP contribution < -0.4 is 11.1 Å². The second-order valence-corrected chi connectivity index (χ2v) is 10.8. The van der Waals surface area contributed by atoms with Gasteiger partial charge in [0, 0.05) is 27.1 Å². The normalized spacial score (nSPS) is 16.9. The van der Waals surface area contributed by atoms with Gasteiger partial charge < -0.3 is 24.1 Å². The fourth-order valence-corrected chi connectivity index (χ4v) is 4.89. The Morgan fingerprint density at radius 2 is 1.93 bits per heavy atom. The van der Waals surface area contributed by atoms with Gasteiger partial charge in [0.15, 0.2) is 11.7 Å². The Bertz CT molecular complexity index is 1520. The van der Waals surface area contributed by atoms with E-state index >= 15 is 4.39 Å². The molecular formula is C29H33FN4O6. The number of rotatable bonds is 7. The fourth-order valence-electron chi connectivity index (χ4n) is 4.89. The zero-order chi connectivity index (χ0) is 29.2. The van der Waals surface area contributed by atoms with Crippen molar-refractivity contribution in [1.82, 2.24) is 14.8 Å². The zero-order valence-corrected chi connectivity index (χ0v) is 23.2. The maximum Gasteiger partial charge on any atom is 0.419 e. The number of methoxy groups -OCH3 is 1. The van der Waals surface area contributed by atoms with Crippen LogP contribution in [-0.4, -0.2) is 58.9 Å². The van der Waals surface area contributed by atoms with Gasteiger partial charge in [-0.25, -0.2) is 14.0 Å². The highest BCUT2D eigenvalue weighted by Gasteiger charge is 2.41. The molecule has 0 spiro atoms. The first-order valence-electron chi connectivity index (χ1n) is 13.0. The summed E-state index contributed by atoms with van der Waals surface area (Å²) in [6.07, 6.45) is -0.400. The molecule has 4 rings (SSSR count). The summed E-state index contributed by atoms with van der Waals surface area (Å²) in [5.41, 5.74) is 1.84. The molecule has 10 nitrogen and oxygen atoms in total. The lowest BCUT2D eigenvalue weighted by molar-refractivity contribution is -0.134. The van der Waals surface area contributed by atoms with Crippen LogP contribution in [0, 0.1) is 17.1 Å². The van der Waals surface area contributed by atoms with Gasteiger partial charge in [-0.3, -0.25) is 9.36 Å². The monoisotopic (exact) mass is 552 g/mol. The van der Waals surface area contributed by atoms with Crippen LogP contribution in [0.4, 0.5) is 9.18 Å². The van der Waals surface area contributed by atoms with Crippen LogP contribution >= 0.6 is 0 Å². The standard InChI is InChI=1S/C29H33FN4O6/c1-29(2,3)40-28(37)34-12-6-7-22(34)25(38-5)26(35)32-20(16-31)13-19-9-8-17(14-21(19)30)18-10-11-24-23(15-18)33(4)27(36)39-24/h8-11,14-15,20,22,25H,6-7,12-13H2,1-5H3,(H,32,35)/t20-,22-,25-/m0/s1. The number of nitrogens with one attached hydrogen (secondary N) is 1. The van der Waals surface area contributed by atoms with Crippen molar-refractivity contribution >= 4 is 23.1 Å². The molecular weight excluding hydrogens is 519 g/mol. The molecule has 1 aliphatic rings. The molecule has 3 atom stereocenters.